The summed E-state index contributed by atoms with van der Waals surface area (Å²) in [6.07, 6.45) is 11.1. The minimum atomic E-state index is -1.16. The first-order valence-corrected chi connectivity index (χ1v) is 16.0. The molecule has 46 heavy (non-hydrogen) atoms. The number of ether oxygens (including phenoxy) is 2. The summed E-state index contributed by atoms with van der Waals surface area (Å²) in [5.74, 6) is 1.44. The Morgan fingerprint density at radius 2 is 1.98 bits per heavy atom. The fourth-order valence-corrected chi connectivity index (χ4v) is 7.86. The number of anilines is 1. The molecule has 1 saturated carbocycles. The lowest BCUT2D eigenvalue weighted by atomic mass is 9.76. The largest absolute Gasteiger partial charge is 0.508 e. The molecule has 0 spiro atoms. The van der Waals surface area contributed by atoms with Gasteiger partial charge in [0.2, 0.25) is 0 Å². The van der Waals surface area contributed by atoms with Gasteiger partial charge in [-0.2, -0.15) is 9.97 Å². The number of piperidine rings is 1. The lowest BCUT2D eigenvalue weighted by Gasteiger charge is -2.44. The van der Waals surface area contributed by atoms with E-state index in [2.05, 4.69) is 22.9 Å². The van der Waals surface area contributed by atoms with Crippen molar-refractivity contribution in [2.24, 2.45) is 5.41 Å². The van der Waals surface area contributed by atoms with Crippen LogP contribution in [0.5, 0.6) is 11.8 Å². The van der Waals surface area contributed by atoms with Crippen LogP contribution in [0.15, 0.2) is 30.1 Å². The average Bonchev–Trinajstić information content (AvgIpc) is 3.36. The van der Waals surface area contributed by atoms with Gasteiger partial charge in [0.25, 0.3) is 0 Å². The Bertz CT molecular complexity index is 1730. The van der Waals surface area contributed by atoms with Crippen molar-refractivity contribution < 1.29 is 28.5 Å². The molecular weight excluding hydrogens is 590 g/mol. The third-order valence-electron chi connectivity index (χ3n) is 9.93. The molecule has 3 atom stereocenters. The number of aryl methyl sites for hydroxylation is 1. The van der Waals surface area contributed by atoms with Crippen molar-refractivity contribution in [2.45, 2.75) is 64.5 Å². The van der Waals surface area contributed by atoms with Crippen LogP contribution in [0.4, 0.5) is 14.6 Å². The van der Waals surface area contributed by atoms with Crippen molar-refractivity contribution in [1.29, 1.82) is 0 Å². The number of halogens is 2. The summed E-state index contributed by atoms with van der Waals surface area (Å²) in [6, 6.07) is 6.58. The van der Waals surface area contributed by atoms with Crippen LogP contribution in [0, 0.1) is 30.5 Å². The molecule has 0 bridgehead atoms. The van der Waals surface area contributed by atoms with E-state index in [9.17, 15) is 14.6 Å². The van der Waals surface area contributed by atoms with Crippen molar-refractivity contribution in [3.05, 3.63) is 47.0 Å². The number of hydrogen-bond acceptors (Lipinski definition) is 8. The quantitative estimate of drug-likeness (QED) is 0.319. The van der Waals surface area contributed by atoms with E-state index in [1.54, 1.807) is 26.0 Å². The number of β-amino-alcohol motifs (C(OH)–C–C–N with tert-alkyl or cyclic N) is 1. The number of rotatable bonds is 6. The van der Waals surface area contributed by atoms with Gasteiger partial charge >= 0.3 is 6.01 Å². The number of fused-ring (bicyclic) bond motifs is 2. The van der Waals surface area contributed by atoms with Gasteiger partial charge in [-0.3, -0.25) is 0 Å². The van der Waals surface area contributed by atoms with Crippen LogP contribution in [-0.4, -0.2) is 83.2 Å². The molecule has 3 unspecified atom stereocenters. The highest BCUT2D eigenvalue weighted by Gasteiger charge is 2.47. The lowest BCUT2D eigenvalue weighted by molar-refractivity contribution is -0.0123. The standard InChI is InChI=1S/C36H42F2N4O4/c1-6-25(23(3)37)30-22(2)17-24(43)18-28(30)26-10-11-27-32(31(26)38)39-34(40-33(27)42-15-16-45-20-35(4,44)19-42)46-21-36-12-7-9-29(36)41(5)14-8-13-36/h1,10-11,17-18,29,43-44H,7-9,12-16,19-21H2,2-5H3/b25-23+. The molecule has 3 aliphatic rings. The number of aliphatic hydroxyl groups is 1. The van der Waals surface area contributed by atoms with Crippen LogP contribution in [0.1, 0.15) is 57.1 Å². The molecule has 8 nitrogen and oxygen atoms in total. The van der Waals surface area contributed by atoms with Crippen molar-refractivity contribution in [3.63, 3.8) is 0 Å². The summed E-state index contributed by atoms with van der Waals surface area (Å²) in [7, 11) is 2.17. The number of phenols is 1. The molecule has 0 amide bonds. The van der Waals surface area contributed by atoms with Crippen LogP contribution in [0.2, 0.25) is 0 Å². The number of terminal acetylenes is 1. The summed E-state index contributed by atoms with van der Waals surface area (Å²) in [5, 5.41) is 21.9. The van der Waals surface area contributed by atoms with Crippen LogP contribution < -0.4 is 9.64 Å². The van der Waals surface area contributed by atoms with Crippen molar-refractivity contribution in [3.8, 4) is 35.2 Å². The summed E-state index contributed by atoms with van der Waals surface area (Å²) in [4.78, 5) is 13.8. The van der Waals surface area contributed by atoms with Gasteiger partial charge < -0.3 is 29.5 Å². The van der Waals surface area contributed by atoms with Crippen molar-refractivity contribution in [2.75, 3.05) is 51.4 Å². The molecule has 6 rings (SSSR count). The molecule has 2 aromatic carbocycles. The molecule has 3 fully saturated rings. The second-order valence-corrected chi connectivity index (χ2v) is 13.5. The van der Waals surface area contributed by atoms with E-state index < -0.39 is 17.2 Å². The van der Waals surface area contributed by atoms with Crippen LogP contribution >= 0.6 is 0 Å². The van der Waals surface area contributed by atoms with Gasteiger partial charge in [-0.05, 0) is 89.4 Å². The second kappa shape index (κ2) is 12.4. The van der Waals surface area contributed by atoms with Gasteiger partial charge in [-0.25, -0.2) is 8.78 Å². The van der Waals surface area contributed by atoms with E-state index >= 15 is 4.39 Å². The van der Waals surface area contributed by atoms with Crippen LogP contribution in [0.3, 0.4) is 0 Å². The SMILES string of the molecule is C#C/C(=C(/C)F)c1c(C)cc(O)cc1-c1ccc2c(N3CCOCC(C)(O)C3)nc(OCC34CCCC3N(C)CCC4)nc2c1F. The number of benzene rings is 2. The molecule has 2 N–H and O–H groups in total. The molecular formula is C36H42F2N4O4. The topological polar surface area (TPSA) is 91.2 Å². The first kappa shape index (κ1) is 32.2. The molecule has 2 saturated heterocycles. The minimum absolute atomic E-state index is 0.0127. The lowest BCUT2D eigenvalue weighted by Crippen LogP contribution is -2.50. The van der Waals surface area contributed by atoms with Gasteiger partial charge in [-0.15, -0.1) is 6.42 Å². The smallest absolute Gasteiger partial charge is 0.319 e. The van der Waals surface area contributed by atoms with E-state index in [-0.39, 0.29) is 52.5 Å². The molecule has 10 heteroatoms. The summed E-state index contributed by atoms with van der Waals surface area (Å²) in [5.41, 5.74) is -0.0323. The predicted molar refractivity (Wildman–Crippen MR) is 175 cm³/mol. The zero-order valence-corrected chi connectivity index (χ0v) is 27.0. The molecule has 3 aromatic rings. The number of likely N-dealkylation sites (tertiary alicyclic amines) is 1. The Labute approximate surface area is 269 Å². The number of nitrogens with zero attached hydrogens (tertiary/aromatic N) is 4. The summed E-state index contributed by atoms with van der Waals surface area (Å²) in [6.45, 7) is 7.25. The predicted octanol–water partition coefficient (Wildman–Crippen LogP) is 6.01. The Morgan fingerprint density at radius 3 is 2.74 bits per heavy atom. The third kappa shape index (κ3) is 5.92. The zero-order valence-electron chi connectivity index (χ0n) is 27.0. The van der Waals surface area contributed by atoms with Crippen LogP contribution in [-0.2, 0) is 4.74 Å². The van der Waals surface area contributed by atoms with E-state index in [0.717, 1.165) is 38.6 Å². The number of aromatic nitrogens is 2. The first-order chi connectivity index (χ1) is 21.9. The maximum Gasteiger partial charge on any atom is 0.319 e. The van der Waals surface area contributed by atoms with E-state index in [4.69, 9.17) is 20.9 Å². The van der Waals surface area contributed by atoms with Crippen molar-refractivity contribution >= 4 is 22.3 Å². The van der Waals surface area contributed by atoms with E-state index in [1.165, 1.54) is 19.1 Å². The Balaban J connectivity index is 1.51. The van der Waals surface area contributed by atoms with Crippen molar-refractivity contribution in [1.82, 2.24) is 14.9 Å². The Morgan fingerprint density at radius 1 is 1.20 bits per heavy atom. The normalized spacial score (nSPS) is 26.0. The van der Waals surface area contributed by atoms with Gasteiger partial charge in [0, 0.05) is 34.5 Å². The maximum atomic E-state index is 16.9. The fraction of sp³-hybridized carbons (Fsp3) is 0.500. The minimum Gasteiger partial charge on any atom is -0.508 e. The summed E-state index contributed by atoms with van der Waals surface area (Å²) < 4.78 is 43.6. The Kier molecular flexibility index (Phi) is 8.70. The second-order valence-electron chi connectivity index (χ2n) is 13.5. The van der Waals surface area contributed by atoms with Crippen LogP contribution in [0.25, 0.3) is 27.6 Å². The molecule has 1 aromatic heterocycles. The number of aromatic hydroxyl groups is 1. The number of phenolic OH excluding ortho intramolecular Hbond substituents is 1. The average molecular weight is 633 g/mol. The number of hydrogen-bond donors (Lipinski definition) is 2. The zero-order chi connectivity index (χ0) is 32.8. The van der Waals surface area contributed by atoms with E-state index in [0.29, 0.717) is 48.1 Å². The maximum absolute atomic E-state index is 16.9. The highest BCUT2D eigenvalue weighted by Crippen LogP contribution is 2.48. The van der Waals surface area contributed by atoms with Gasteiger partial charge in [-0.1, -0.05) is 18.4 Å². The molecule has 0 radical (unpaired) electrons. The summed E-state index contributed by atoms with van der Waals surface area (Å²) >= 11 is 0. The van der Waals surface area contributed by atoms with E-state index in [1.807, 2.05) is 4.90 Å². The van der Waals surface area contributed by atoms with Gasteiger partial charge in [0.1, 0.15) is 28.5 Å². The van der Waals surface area contributed by atoms with Gasteiger partial charge in [0.15, 0.2) is 5.82 Å². The monoisotopic (exact) mass is 632 g/mol. The fourth-order valence-electron chi connectivity index (χ4n) is 7.86. The third-order valence-corrected chi connectivity index (χ3v) is 9.93. The Hall–Kier alpha value is -3.78. The highest BCUT2D eigenvalue weighted by atomic mass is 19.1. The first-order valence-electron chi connectivity index (χ1n) is 16.0. The molecule has 244 valence electrons. The molecule has 1 aliphatic carbocycles. The highest BCUT2D eigenvalue weighted by molar-refractivity contribution is 5.97. The number of allylic oxidation sites excluding steroid dienone is 2. The molecule has 3 heterocycles. The van der Waals surface area contributed by atoms with Gasteiger partial charge in [0.05, 0.1) is 31.9 Å². The molecule has 2 aliphatic heterocycles.